The van der Waals surface area contributed by atoms with Crippen LogP contribution in [0.3, 0.4) is 0 Å². The Morgan fingerprint density at radius 1 is 1.61 bits per heavy atom. The predicted octanol–water partition coefficient (Wildman–Crippen LogP) is 2.61. The van der Waals surface area contributed by atoms with Crippen molar-refractivity contribution in [2.75, 3.05) is 18.6 Å². The van der Waals surface area contributed by atoms with Crippen LogP contribution >= 0.6 is 11.8 Å². The number of ether oxygens (including phenoxy) is 1. The second-order valence-electron chi connectivity index (χ2n) is 4.50. The number of esters is 1. The minimum absolute atomic E-state index is 0.118. The van der Waals surface area contributed by atoms with Crippen LogP contribution in [0.15, 0.2) is 16.5 Å². The second kappa shape index (κ2) is 6.29. The van der Waals surface area contributed by atoms with Gasteiger partial charge in [0.1, 0.15) is 5.76 Å². The van der Waals surface area contributed by atoms with Crippen molar-refractivity contribution >= 4 is 17.7 Å². The summed E-state index contributed by atoms with van der Waals surface area (Å²) in [5, 5.41) is 3.54. The Morgan fingerprint density at radius 3 is 3.11 bits per heavy atom. The Kier molecular flexibility index (Phi) is 4.72. The number of furan rings is 1. The van der Waals surface area contributed by atoms with E-state index in [2.05, 4.69) is 17.0 Å². The quantitative estimate of drug-likeness (QED) is 0.852. The molecule has 18 heavy (non-hydrogen) atoms. The lowest BCUT2D eigenvalue weighted by molar-refractivity contribution is 0.0562. The van der Waals surface area contributed by atoms with Gasteiger partial charge in [0, 0.05) is 11.8 Å². The Hall–Kier alpha value is -0.940. The van der Waals surface area contributed by atoms with Crippen LogP contribution in [0, 0.1) is 0 Å². The minimum atomic E-state index is -0.429. The normalized spacial score (nSPS) is 21.6. The molecule has 2 heterocycles. The van der Waals surface area contributed by atoms with Gasteiger partial charge in [0.15, 0.2) is 0 Å². The first kappa shape index (κ1) is 13.5. The number of rotatable bonds is 4. The van der Waals surface area contributed by atoms with Gasteiger partial charge in [0.05, 0.1) is 13.2 Å². The highest BCUT2D eigenvalue weighted by Crippen LogP contribution is 2.22. The van der Waals surface area contributed by atoms with Gasteiger partial charge < -0.3 is 14.5 Å². The molecule has 1 saturated heterocycles. The minimum Gasteiger partial charge on any atom is -0.463 e. The number of hydrogen-bond acceptors (Lipinski definition) is 5. The molecule has 1 fully saturated rings. The van der Waals surface area contributed by atoms with Gasteiger partial charge >= 0.3 is 5.97 Å². The molecular weight excluding hydrogens is 250 g/mol. The average molecular weight is 269 g/mol. The Labute approximate surface area is 111 Å². The molecule has 1 aromatic rings. The summed E-state index contributed by atoms with van der Waals surface area (Å²) in [6, 6.07) is 4.15. The van der Waals surface area contributed by atoms with Crippen LogP contribution < -0.4 is 5.32 Å². The largest absolute Gasteiger partial charge is 0.463 e. The van der Waals surface area contributed by atoms with E-state index >= 15 is 0 Å². The molecule has 100 valence electrons. The van der Waals surface area contributed by atoms with Gasteiger partial charge in [-0.05, 0) is 37.7 Å². The van der Waals surface area contributed by atoms with E-state index in [0.29, 0.717) is 6.04 Å². The third-order valence-corrected chi connectivity index (χ3v) is 4.30. The summed E-state index contributed by atoms with van der Waals surface area (Å²) in [7, 11) is 1.35. The molecule has 4 nitrogen and oxygen atoms in total. The van der Waals surface area contributed by atoms with Gasteiger partial charge in [-0.1, -0.05) is 0 Å². The highest BCUT2D eigenvalue weighted by molar-refractivity contribution is 7.99. The first-order chi connectivity index (χ1) is 8.70. The third-order valence-electron chi connectivity index (χ3n) is 3.09. The van der Waals surface area contributed by atoms with Crippen LogP contribution in [0.1, 0.15) is 42.1 Å². The number of hydrogen-bond donors (Lipinski definition) is 1. The number of methoxy groups -OCH3 is 1. The molecule has 0 amide bonds. The lowest BCUT2D eigenvalue weighted by Gasteiger charge is -2.25. The fourth-order valence-corrected chi connectivity index (χ4v) is 3.19. The standard InChI is InChI=1S/C13H19NO3S/c1-9(14-10-4-3-7-18-8-10)11-5-6-12(17-11)13(15)16-2/h5-6,9-10,14H,3-4,7-8H2,1-2H3. The van der Waals surface area contributed by atoms with Gasteiger partial charge in [-0.3, -0.25) is 0 Å². The molecule has 2 unspecified atom stereocenters. The van der Waals surface area contributed by atoms with E-state index in [1.54, 1.807) is 6.07 Å². The first-order valence-corrected chi connectivity index (χ1v) is 7.38. The summed E-state index contributed by atoms with van der Waals surface area (Å²) in [6.45, 7) is 2.05. The second-order valence-corrected chi connectivity index (χ2v) is 5.65. The van der Waals surface area contributed by atoms with E-state index in [9.17, 15) is 4.79 Å². The molecule has 0 saturated carbocycles. The molecule has 1 aromatic heterocycles. The van der Waals surface area contributed by atoms with E-state index in [4.69, 9.17) is 4.42 Å². The summed E-state index contributed by atoms with van der Waals surface area (Å²) < 4.78 is 10.1. The molecule has 0 spiro atoms. The average Bonchev–Trinajstić information content (AvgIpc) is 2.88. The smallest absolute Gasteiger partial charge is 0.373 e. The van der Waals surface area contributed by atoms with E-state index in [1.807, 2.05) is 17.8 Å². The van der Waals surface area contributed by atoms with Crippen molar-refractivity contribution in [1.82, 2.24) is 5.32 Å². The van der Waals surface area contributed by atoms with Crippen molar-refractivity contribution in [3.63, 3.8) is 0 Å². The lowest BCUT2D eigenvalue weighted by atomic mass is 10.1. The van der Waals surface area contributed by atoms with Crippen molar-refractivity contribution in [3.8, 4) is 0 Å². The SMILES string of the molecule is COC(=O)c1ccc(C(C)NC2CCCSC2)o1. The molecule has 1 N–H and O–H groups in total. The molecule has 5 heteroatoms. The number of nitrogens with one attached hydrogen (secondary N) is 1. The number of thioether (sulfide) groups is 1. The van der Waals surface area contributed by atoms with Gasteiger partial charge in [-0.15, -0.1) is 0 Å². The summed E-state index contributed by atoms with van der Waals surface area (Å²) in [5.74, 6) is 3.03. The molecule has 0 aromatic carbocycles. The molecule has 0 radical (unpaired) electrons. The van der Waals surface area contributed by atoms with E-state index in [-0.39, 0.29) is 11.8 Å². The highest BCUT2D eigenvalue weighted by atomic mass is 32.2. The summed E-state index contributed by atoms with van der Waals surface area (Å²) in [5.41, 5.74) is 0. The summed E-state index contributed by atoms with van der Waals surface area (Å²) in [4.78, 5) is 11.3. The topological polar surface area (TPSA) is 51.5 Å². The van der Waals surface area contributed by atoms with Crippen LogP contribution in [0.2, 0.25) is 0 Å². The maximum atomic E-state index is 11.3. The molecular formula is C13H19NO3S. The zero-order valence-corrected chi connectivity index (χ0v) is 11.6. The Balaban J connectivity index is 1.93. The molecule has 2 atom stereocenters. The van der Waals surface area contributed by atoms with E-state index in [0.717, 1.165) is 11.5 Å². The van der Waals surface area contributed by atoms with Crippen molar-refractivity contribution in [2.24, 2.45) is 0 Å². The third kappa shape index (κ3) is 3.29. The Morgan fingerprint density at radius 2 is 2.44 bits per heavy atom. The molecule has 0 bridgehead atoms. The monoisotopic (exact) mass is 269 g/mol. The summed E-state index contributed by atoms with van der Waals surface area (Å²) >= 11 is 1.99. The molecule has 0 aliphatic carbocycles. The van der Waals surface area contributed by atoms with Gasteiger partial charge in [0.2, 0.25) is 5.76 Å². The summed E-state index contributed by atoms with van der Waals surface area (Å²) in [6.07, 6.45) is 2.47. The fraction of sp³-hybridized carbons (Fsp3) is 0.615. The first-order valence-electron chi connectivity index (χ1n) is 6.22. The zero-order valence-electron chi connectivity index (χ0n) is 10.8. The van der Waals surface area contributed by atoms with Crippen molar-refractivity contribution in [2.45, 2.75) is 31.8 Å². The van der Waals surface area contributed by atoms with Gasteiger partial charge in [0.25, 0.3) is 0 Å². The lowest BCUT2D eigenvalue weighted by Crippen LogP contribution is -2.35. The number of carbonyl (C=O) groups is 1. The highest BCUT2D eigenvalue weighted by Gasteiger charge is 2.19. The van der Waals surface area contributed by atoms with Crippen LogP contribution in [0.25, 0.3) is 0 Å². The van der Waals surface area contributed by atoms with Crippen LogP contribution in [-0.2, 0) is 4.74 Å². The van der Waals surface area contributed by atoms with Crippen molar-refractivity contribution in [3.05, 3.63) is 23.7 Å². The maximum Gasteiger partial charge on any atom is 0.373 e. The van der Waals surface area contributed by atoms with Crippen LogP contribution in [-0.4, -0.2) is 30.6 Å². The van der Waals surface area contributed by atoms with Gasteiger partial charge in [-0.2, -0.15) is 11.8 Å². The zero-order chi connectivity index (χ0) is 13.0. The van der Waals surface area contributed by atoms with Crippen molar-refractivity contribution in [1.29, 1.82) is 0 Å². The van der Waals surface area contributed by atoms with Crippen molar-refractivity contribution < 1.29 is 13.9 Å². The van der Waals surface area contributed by atoms with E-state index < -0.39 is 5.97 Å². The van der Waals surface area contributed by atoms with E-state index in [1.165, 1.54) is 25.7 Å². The fourth-order valence-electron chi connectivity index (χ4n) is 2.10. The maximum absolute atomic E-state index is 11.3. The van der Waals surface area contributed by atoms with Crippen LogP contribution in [0.4, 0.5) is 0 Å². The number of carbonyl (C=O) groups excluding carboxylic acids is 1. The molecule has 2 rings (SSSR count). The van der Waals surface area contributed by atoms with Gasteiger partial charge in [-0.25, -0.2) is 4.79 Å². The predicted molar refractivity (Wildman–Crippen MR) is 71.9 cm³/mol. The molecule has 1 aliphatic rings. The Bertz CT molecular complexity index is 399. The molecule has 1 aliphatic heterocycles. The van der Waals surface area contributed by atoms with Crippen LogP contribution in [0.5, 0.6) is 0 Å².